The summed E-state index contributed by atoms with van der Waals surface area (Å²) in [5.74, 6) is -3.86. The molecular weight excluding hydrogens is 1840 g/mol. The average molecular weight is 1950 g/mol. The number of aromatic hydroxyl groups is 4. The minimum atomic E-state index is -0.515. The van der Waals surface area contributed by atoms with Gasteiger partial charge in [0.05, 0.1) is 71.3 Å². The van der Waals surface area contributed by atoms with Crippen molar-refractivity contribution in [2.24, 2.45) is 55.2 Å². The van der Waals surface area contributed by atoms with Crippen molar-refractivity contribution >= 4 is 129 Å². The Morgan fingerprint density at radius 2 is 0.569 bits per heavy atom. The van der Waals surface area contributed by atoms with Crippen LogP contribution in [-0.2, 0) is 58.2 Å². The molecule has 144 heavy (non-hydrogen) atoms. The van der Waals surface area contributed by atoms with Crippen LogP contribution in [-0.4, -0.2) is 117 Å². The van der Waals surface area contributed by atoms with Crippen molar-refractivity contribution in [3.05, 3.63) is 379 Å². The van der Waals surface area contributed by atoms with Gasteiger partial charge in [-0.2, -0.15) is 54.9 Å². The van der Waals surface area contributed by atoms with Crippen LogP contribution in [0.2, 0.25) is 0 Å². The second kappa shape index (κ2) is 54.3. The largest absolute Gasteiger partial charge is 0.507 e. The van der Waals surface area contributed by atoms with Crippen molar-refractivity contribution in [1.29, 1.82) is 21.0 Å². The maximum absolute atomic E-state index is 12.4. The van der Waals surface area contributed by atoms with Gasteiger partial charge in [0.1, 0.15) is 47.3 Å². The van der Waals surface area contributed by atoms with Gasteiger partial charge in [0.2, 0.25) is 23.6 Å². The number of amides is 8. The summed E-state index contributed by atoms with van der Waals surface area (Å²) in [5, 5.41) is 112. The van der Waals surface area contributed by atoms with E-state index in [2.05, 4.69) is 63.4 Å². The van der Waals surface area contributed by atoms with Crippen LogP contribution < -0.4 is 65.9 Å². The SMILES string of the molecule is C.CC(C)CC(NCc1ccc(/C=N/NC(=O)c2ccc(O)c(C#N)c2)c2ccccc12)C(N)=O.CCC(C)C(NCc1ccc(/C=N/NC(=O)c2ccc(O)c(C#N)c2)c2ccccc12)C(N)=O.N#Cc1cc(C(=O)N/N=C/c2ccc(CNC(Cc3ccccc3)C(N)=O)c3ccccc23)ccc1O.N#Cc1cc(C(=O)N/N=C/c2ccc(CNC(Cc3ccccc3)C(N)=O)c3ccccc23)ccc1O.S. The molecule has 14 rings (SSSR count). The van der Waals surface area contributed by atoms with E-state index in [9.17, 15) is 58.8 Å². The maximum Gasteiger partial charge on any atom is 0.271 e. The minimum absolute atomic E-state index is 0. The number of carbonyl (C=O) groups is 8. The predicted molar refractivity (Wildman–Crippen MR) is 563 cm³/mol. The van der Waals surface area contributed by atoms with E-state index in [4.69, 9.17) is 44.0 Å². The van der Waals surface area contributed by atoms with Gasteiger partial charge in [-0.1, -0.05) is 248 Å². The molecule has 0 spiro atoms. The first-order valence-corrected chi connectivity index (χ1v) is 45.0. The Bertz CT molecular complexity index is 7070. The molecule has 5 unspecified atom stereocenters. The normalized spacial score (nSPS) is 11.9. The van der Waals surface area contributed by atoms with Gasteiger partial charge in [0.15, 0.2) is 0 Å². The summed E-state index contributed by atoms with van der Waals surface area (Å²) in [5.41, 5.74) is 42.3. The number of nitrogens with zero attached hydrogens (tertiary/aromatic N) is 8. The van der Waals surface area contributed by atoms with E-state index in [-0.39, 0.29) is 106 Å². The van der Waals surface area contributed by atoms with Crippen molar-refractivity contribution in [3.8, 4) is 47.3 Å². The zero-order valence-electron chi connectivity index (χ0n) is 78.4. The fraction of sp³-hybridized carbons (Fsp3) is 0.171. The molecule has 0 fully saturated rings. The highest BCUT2D eigenvalue weighted by molar-refractivity contribution is 7.59. The number of hydrogen-bond donors (Lipinski definition) is 16. The number of nitrogens with two attached hydrogens (primary N) is 4. The minimum Gasteiger partial charge on any atom is -0.507 e. The number of benzene rings is 14. The summed E-state index contributed by atoms with van der Waals surface area (Å²) in [6.07, 6.45) is 8.68. The fourth-order valence-electron chi connectivity index (χ4n) is 15.3. The smallest absolute Gasteiger partial charge is 0.271 e. The zero-order valence-corrected chi connectivity index (χ0v) is 79.4. The number of carbonyl (C=O) groups excluding carboxylic acids is 8. The first-order chi connectivity index (χ1) is 68.6. The lowest BCUT2D eigenvalue weighted by Gasteiger charge is -2.21. The van der Waals surface area contributed by atoms with Gasteiger partial charge in [-0.15, -0.1) is 0 Å². The molecule has 0 heterocycles. The van der Waals surface area contributed by atoms with Crippen LogP contribution in [0.4, 0.5) is 0 Å². The van der Waals surface area contributed by atoms with Crippen LogP contribution in [0.3, 0.4) is 0 Å². The van der Waals surface area contributed by atoms with Gasteiger partial charge in [-0.05, 0) is 180 Å². The van der Waals surface area contributed by atoms with E-state index < -0.39 is 59.6 Å². The second-order valence-corrected chi connectivity index (χ2v) is 33.3. The number of phenolic OH excluding ortho intramolecular Hbond substituents is 4. The van der Waals surface area contributed by atoms with Crippen molar-refractivity contribution < 1.29 is 58.8 Å². The number of rotatable bonds is 36. The number of phenols is 4. The van der Waals surface area contributed by atoms with Crippen LogP contribution in [0.5, 0.6) is 23.0 Å². The Morgan fingerprint density at radius 3 is 0.806 bits per heavy atom. The van der Waals surface area contributed by atoms with Gasteiger partial charge in [0.25, 0.3) is 23.6 Å². The van der Waals surface area contributed by atoms with Gasteiger partial charge < -0.3 is 64.6 Å². The highest BCUT2D eigenvalue weighted by atomic mass is 32.1. The van der Waals surface area contributed by atoms with Crippen molar-refractivity contribution in [1.82, 2.24) is 43.0 Å². The summed E-state index contributed by atoms with van der Waals surface area (Å²) in [6.45, 7) is 9.95. The van der Waals surface area contributed by atoms with Crippen molar-refractivity contribution in [2.45, 2.75) is 111 Å². The van der Waals surface area contributed by atoms with Crippen LogP contribution in [0.25, 0.3) is 43.1 Å². The quantitative estimate of drug-likeness (QED) is 0.0128. The van der Waals surface area contributed by atoms with Crippen LogP contribution in [0.1, 0.15) is 167 Å². The Balaban J connectivity index is 0.000000213. The monoisotopic (exact) mass is 1950 g/mol. The highest BCUT2D eigenvalue weighted by Crippen LogP contribution is 2.30. The van der Waals surface area contributed by atoms with E-state index in [0.717, 1.165) is 105 Å². The predicted octanol–water partition coefficient (Wildman–Crippen LogP) is 13.8. The van der Waals surface area contributed by atoms with E-state index >= 15 is 0 Å². The summed E-state index contributed by atoms with van der Waals surface area (Å²) >= 11 is 0. The molecule has 0 radical (unpaired) electrons. The molecule has 5 atom stereocenters. The molecule has 32 nitrogen and oxygen atoms in total. The Labute approximate surface area is 839 Å². The lowest BCUT2D eigenvalue weighted by Crippen LogP contribution is -2.45. The number of hydrazone groups is 4. The van der Waals surface area contributed by atoms with Crippen molar-refractivity contribution in [2.75, 3.05) is 0 Å². The lowest BCUT2D eigenvalue weighted by molar-refractivity contribution is -0.121. The number of primary amides is 4. The molecule has 0 bridgehead atoms. The standard InChI is InChI=1S/2C29H25N5O3.2C26H27N5O3.CH4.H2S/c2*30-16-23-15-20(12-13-27(23)35)29(37)34-33-18-22-11-10-21(24-8-4-5-9-25(22)24)17-32-26(28(31)36)14-19-6-2-1-3-7-19;1-16(2)11-23(25(28)33)29-14-18-7-8-19(22-6-4-3-5-21(18)22)15-30-31-26(34)17-9-10-24(32)20(12-17)13-27;1-3-16(2)24(25(28)33)29-14-18-8-9-19(22-7-5-4-6-21(18)22)15-30-31-26(34)17-10-11-23(32)20(12-17)13-27;;/h2*1-13,15,18,26,32,35H,14,17H2,(H2,31,36)(H,34,37);3-10,12,15-16,23,29,32H,11,14H2,1-2H3,(H2,28,33)(H,31,34);4-12,15-16,24,29,32H,3,14H2,1-2H3,(H2,28,33)(H,31,34);1H4;1H2/b2*33-18+;2*30-15+;;. The summed E-state index contributed by atoms with van der Waals surface area (Å²) < 4.78 is 0. The summed E-state index contributed by atoms with van der Waals surface area (Å²) in [7, 11) is 0. The molecule has 0 aromatic heterocycles. The second-order valence-electron chi connectivity index (χ2n) is 33.3. The van der Waals surface area contributed by atoms with E-state index in [1.54, 1.807) is 24.9 Å². The van der Waals surface area contributed by atoms with Gasteiger partial charge >= 0.3 is 0 Å². The zero-order chi connectivity index (χ0) is 102. The first-order valence-electron chi connectivity index (χ1n) is 45.0. The number of fused-ring (bicyclic) bond motifs is 4. The maximum atomic E-state index is 12.4. The van der Waals surface area contributed by atoms with Gasteiger partial charge in [-0.25, -0.2) is 21.7 Å². The molecule has 0 saturated heterocycles. The van der Waals surface area contributed by atoms with E-state index in [0.29, 0.717) is 51.4 Å². The average Bonchev–Trinajstić information content (AvgIpc) is 0.808. The number of nitriles is 4. The van der Waals surface area contributed by atoms with Crippen LogP contribution >= 0.6 is 13.5 Å². The number of nitrogens with one attached hydrogen (secondary N) is 8. The third kappa shape index (κ3) is 30.5. The molecule has 0 aliphatic carbocycles. The molecule has 14 aromatic rings. The Hall–Kier alpha value is -18.1. The molecule has 0 saturated carbocycles. The Morgan fingerprint density at radius 1 is 0.326 bits per heavy atom. The van der Waals surface area contributed by atoms with Crippen LogP contribution in [0, 0.1) is 57.2 Å². The molecule has 20 N–H and O–H groups in total. The lowest BCUT2D eigenvalue weighted by atomic mass is 9.97. The van der Waals surface area contributed by atoms with Crippen LogP contribution in [0.15, 0.2) is 299 Å². The summed E-state index contributed by atoms with van der Waals surface area (Å²) in [4.78, 5) is 97.2. The molecule has 8 amide bonds. The van der Waals surface area contributed by atoms with Gasteiger partial charge in [0, 0.05) is 70.7 Å². The van der Waals surface area contributed by atoms with Gasteiger partial charge in [-0.3, -0.25) is 38.4 Å². The molecule has 0 aliphatic rings. The molecular formula is C111H110N20O12S. The first kappa shape index (κ1) is 110. The summed E-state index contributed by atoms with van der Waals surface area (Å²) in [6, 6.07) is 87.5. The molecule has 732 valence electrons. The topological polar surface area (TPSA) is 562 Å². The van der Waals surface area contributed by atoms with E-state index in [1.807, 2.05) is 258 Å². The molecule has 33 heteroatoms. The molecule has 14 aromatic carbocycles. The third-order valence-corrected chi connectivity index (χ3v) is 23.1. The third-order valence-electron chi connectivity index (χ3n) is 23.1. The van der Waals surface area contributed by atoms with E-state index in [1.165, 1.54) is 72.8 Å². The highest BCUT2D eigenvalue weighted by Gasteiger charge is 2.25. The van der Waals surface area contributed by atoms with Crippen molar-refractivity contribution in [3.63, 3.8) is 0 Å². The fourth-order valence-corrected chi connectivity index (χ4v) is 15.3. The number of hydrogen-bond acceptors (Lipinski definition) is 24. The Kier molecular flexibility index (Phi) is 41.3. The molecule has 0 aliphatic heterocycles.